The summed E-state index contributed by atoms with van der Waals surface area (Å²) in [6.45, 7) is 7.06. The van der Waals surface area contributed by atoms with Crippen LogP contribution in [0.3, 0.4) is 0 Å². The third-order valence-corrected chi connectivity index (χ3v) is 2.87. The molecule has 0 bridgehead atoms. The number of carboxylic acid groups (broad SMARTS) is 2. The Kier molecular flexibility index (Phi) is 5.36. The normalized spacial score (nSPS) is 10.1. The second-order valence-electron chi connectivity index (χ2n) is 4.12. The molecule has 0 fully saturated rings. The first-order valence-corrected chi connectivity index (χ1v) is 6.27. The Morgan fingerprint density at radius 3 is 1.95 bits per heavy atom. The number of allylic oxidation sites excluding steroid dienone is 2. The number of aromatic carboxylic acids is 2. The summed E-state index contributed by atoms with van der Waals surface area (Å²) in [7, 11) is 0. The highest BCUT2D eigenvalue weighted by molar-refractivity contribution is 6.30. The molecule has 0 heterocycles. The van der Waals surface area contributed by atoms with E-state index in [9.17, 15) is 14.7 Å². The van der Waals surface area contributed by atoms with E-state index in [0.29, 0.717) is 16.2 Å². The van der Waals surface area contributed by atoms with Crippen molar-refractivity contribution >= 4 is 35.1 Å². The predicted molar refractivity (Wildman–Crippen MR) is 77.8 cm³/mol. The van der Waals surface area contributed by atoms with E-state index in [1.807, 2.05) is 0 Å². The van der Waals surface area contributed by atoms with Crippen molar-refractivity contribution in [2.45, 2.75) is 12.8 Å². The molecule has 106 valence electrons. The van der Waals surface area contributed by atoms with Crippen molar-refractivity contribution in [3.8, 4) is 0 Å². The van der Waals surface area contributed by atoms with E-state index in [2.05, 4.69) is 13.2 Å². The Bertz CT molecular complexity index is 605. The monoisotopic (exact) mass is 314 g/mol. The van der Waals surface area contributed by atoms with Gasteiger partial charge in [-0.25, -0.2) is 9.59 Å². The van der Waals surface area contributed by atoms with Crippen LogP contribution in [0, 0.1) is 0 Å². The standard InChI is InChI=1S/C14H12Cl2O4/c1-7(15)5-9-3-4-10(13(17)18)12(14(19)20)11(9)6-8(2)16/h3-4H,1-2,5-6H2,(H,17,18)(H,19,20). The number of carboxylic acids is 2. The van der Waals surface area contributed by atoms with Crippen LogP contribution in [0.1, 0.15) is 31.8 Å². The maximum absolute atomic E-state index is 11.4. The van der Waals surface area contributed by atoms with Crippen molar-refractivity contribution in [1.82, 2.24) is 0 Å². The van der Waals surface area contributed by atoms with Crippen LogP contribution in [0.5, 0.6) is 0 Å². The molecule has 0 atom stereocenters. The van der Waals surface area contributed by atoms with Gasteiger partial charge in [0.15, 0.2) is 0 Å². The number of rotatable bonds is 6. The summed E-state index contributed by atoms with van der Waals surface area (Å²) in [4.78, 5) is 22.5. The average Bonchev–Trinajstić information content (AvgIpc) is 2.28. The molecule has 6 heteroatoms. The van der Waals surface area contributed by atoms with Gasteiger partial charge in [-0.05, 0) is 17.2 Å². The van der Waals surface area contributed by atoms with Gasteiger partial charge in [0, 0.05) is 22.9 Å². The lowest BCUT2D eigenvalue weighted by molar-refractivity contribution is 0.0650. The second kappa shape index (κ2) is 6.59. The zero-order valence-corrected chi connectivity index (χ0v) is 12.0. The SMILES string of the molecule is C=C(Cl)Cc1ccc(C(=O)O)c(C(=O)O)c1CC(=C)Cl. The Labute approximate surface area is 125 Å². The van der Waals surface area contributed by atoms with Crippen LogP contribution in [0.15, 0.2) is 35.4 Å². The highest BCUT2D eigenvalue weighted by atomic mass is 35.5. The van der Waals surface area contributed by atoms with Gasteiger partial charge in [0.25, 0.3) is 0 Å². The maximum Gasteiger partial charge on any atom is 0.336 e. The third-order valence-electron chi connectivity index (χ3n) is 2.61. The minimum absolute atomic E-state index is 0.0454. The summed E-state index contributed by atoms with van der Waals surface area (Å²) in [6, 6.07) is 2.75. The predicted octanol–water partition coefficient (Wildman–Crippen LogP) is 3.67. The van der Waals surface area contributed by atoms with Gasteiger partial charge in [-0.15, -0.1) is 0 Å². The molecule has 1 aromatic rings. The molecule has 1 aromatic carbocycles. The molecule has 0 amide bonds. The van der Waals surface area contributed by atoms with E-state index in [0.717, 1.165) is 0 Å². The van der Waals surface area contributed by atoms with Gasteiger partial charge >= 0.3 is 11.9 Å². The Morgan fingerprint density at radius 1 is 1.00 bits per heavy atom. The minimum Gasteiger partial charge on any atom is -0.478 e. The Hall–Kier alpha value is -1.78. The maximum atomic E-state index is 11.4. The summed E-state index contributed by atoms with van der Waals surface area (Å²) >= 11 is 11.5. The van der Waals surface area contributed by atoms with Crippen molar-refractivity contribution < 1.29 is 19.8 Å². The van der Waals surface area contributed by atoms with Crippen LogP contribution >= 0.6 is 23.2 Å². The third kappa shape index (κ3) is 3.85. The highest BCUT2D eigenvalue weighted by Crippen LogP contribution is 2.26. The first-order chi connectivity index (χ1) is 9.23. The molecule has 0 spiro atoms. The van der Waals surface area contributed by atoms with E-state index in [4.69, 9.17) is 28.3 Å². The molecular weight excluding hydrogens is 303 g/mol. The van der Waals surface area contributed by atoms with Gasteiger partial charge < -0.3 is 10.2 Å². The quantitative estimate of drug-likeness (QED) is 0.840. The number of hydrogen-bond donors (Lipinski definition) is 2. The van der Waals surface area contributed by atoms with Gasteiger partial charge in [0.1, 0.15) is 0 Å². The van der Waals surface area contributed by atoms with Gasteiger partial charge in [0.2, 0.25) is 0 Å². The van der Waals surface area contributed by atoms with Crippen LogP contribution in [-0.2, 0) is 12.8 Å². The number of benzene rings is 1. The van der Waals surface area contributed by atoms with Crippen LogP contribution in [0.4, 0.5) is 0 Å². The van der Waals surface area contributed by atoms with Crippen molar-refractivity contribution in [3.63, 3.8) is 0 Å². The van der Waals surface area contributed by atoms with Gasteiger partial charge in [-0.3, -0.25) is 0 Å². The molecule has 0 aliphatic heterocycles. The van der Waals surface area contributed by atoms with E-state index >= 15 is 0 Å². The lowest BCUT2D eigenvalue weighted by Gasteiger charge is -2.14. The lowest BCUT2D eigenvalue weighted by atomic mass is 9.92. The van der Waals surface area contributed by atoms with Crippen LogP contribution < -0.4 is 0 Å². The summed E-state index contributed by atoms with van der Waals surface area (Å²) < 4.78 is 0. The summed E-state index contributed by atoms with van der Waals surface area (Å²) in [5.74, 6) is -2.66. The molecule has 2 N–H and O–H groups in total. The van der Waals surface area contributed by atoms with E-state index in [1.54, 1.807) is 0 Å². The summed E-state index contributed by atoms with van der Waals surface area (Å²) in [5, 5.41) is 18.9. The van der Waals surface area contributed by atoms with Gasteiger partial charge in [-0.1, -0.05) is 42.4 Å². The highest BCUT2D eigenvalue weighted by Gasteiger charge is 2.23. The number of halogens is 2. The molecule has 0 saturated carbocycles. The first-order valence-electron chi connectivity index (χ1n) is 5.52. The average molecular weight is 315 g/mol. The van der Waals surface area contributed by atoms with Crippen molar-refractivity contribution in [3.05, 3.63) is 57.6 Å². The fourth-order valence-electron chi connectivity index (χ4n) is 1.88. The molecular formula is C14H12Cl2O4. The van der Waals surface area contributed by atoms with Crippen LogP contribution in [-0.4, -0.2) is 22.2 Å². The van der Waals surface area contributed by atoms with Crippen LogP contribution in [0.2, 0.25) is 0 Å². The van der Waals surface area contributed by atoms with Gasteiger partial charge in [-0.2, -0.15) is 0 Å². The fourth-order valence-corrected chi connectivity index (χ4v) is 2.16. The molecule has 0 radical (unpaired) electrons. The Morgan fingerprint density at radius 2 is 1.55 bits per heavy atom. The smallest absolute Gasteiger partial charge is 0.336 e. The molecule has 0 saturated heterocycles. The second-order valence-corrected chi connectivity index (χ2v) is 5.19. The molecule has 0 unspecified atom stereocenters. The number of hydrogen-bond acceptors (Lipinski definition) is 2. The summed E-state index contributed by atoms with van der Waals surface area (Å²) in [5.41, 5.74) is 0.262. The molecule has 0 aromatic heterocycles. The molecule has 0 aliphatic carbocycles. The van der Waals surface area contributed by atoms with Crippen molar-refractivity contribution in [1.29, 1.82) is 0 Å². The number of carbonyl (C=O) groups is 2. The molecule has 1 rings (SSSR count). The summed E-state index contributed by atoms with van der Waals surface area (Å²) in [6.07, 6.45) is 0.269. The zero-order valence-electron chi connectivity index (χ0n) is 10.4. The lowest BCUT2D eigenvalue weighted by Crippen LogP contribution is -2.14. The molecule has 20 heavy (non-hydrogen) atoms. The van der Waals surface area contributed by atoms with Crippen LogP contribution in [0.25, 0.3) is 0 Å². The van der Waals surface area contributed by atoms with Gasteiger partial charge in [0.05, 0.1) is 11.1 Å². The molecule has 4 nitrogen and oxygen atoms in total. The fraction of sp³-hybridized carbons (Fsp3) is 0.143. The topological polar surface area (TPSA) is 74.6 Å². The molecule has 0 aliphatic rings. The van der Waals surface area contributed by atoms with E-state index in [-0.39, 0.29) is 29.0 Å². The largest absolute Gasteiger partial charge is 0.478 e. The van der Waals surface area contributed by atoms with E-state index in [1.165, 1.54) is 12.1 Å². The van der Waals surface area contributed by atoms with Crippen molar-refractivity contribution in [2.75, 3.05) is 0 Å². The zero-order chi connectivity index (χ0) is 15.4. The minimum atomic E-state index is -1.34. The van der Waals surface area contributed by atoms with E-state index < -0.39 is 11.9 Å². The van der Waals surface area contributed by atoms with Crippen molar-refractivity contribution in [2.24, 2.45) is 0 Å². The Balaban J connectivity index is 3.60. The first kappa shape index (κ1) is 16.3.